The molecule has 0 saturated heterocycles. The highest BCUT2D eigenvalue weighted by molar-refractivity contribution is 5.93. The fraction of sp³-hybridized carbons (Fsp3) is 0.158. The average molecular weight is 377 g/mol. The Balaban J connectivity index is 2.02. The van der Waals surface area contributed by atoms with Crippen molar-refractivity contribution in [3.05, 3.63) is 72.3 Å². The molecule has 1 heterocycles. The Kier molecular flexibility index (Phi) is 5.25. The van der Waals surface area contributed by atoms with Crippen LogP contribution in [0.15, 0.2) is 61.1 Å². The number of nitrogens with one attached hydrogen (secondary N) is 1. The number of imidazole rings is 1. The van der Waals surface area contributed by atoms with Crippen LogP contribution < -0.4 is 5.32 Å². The van der Waals surface area contributed by atoms with Crippen molar-refractivity contribution in [2.75, 3.05) is 13.2 Å². The standard InChI is InChI=1S/C19H15F4N3O/c20-8-9-25-18(27)17-11-24-12-26(17)14-5-3-4-13(10-14)15-6-1-2-7-16(15)19(21,22)23/h1-7,10-12H,8-9H2,(H,25,27). The molecule has 0 saturated carbocycles. The van der Waals surface area contributed by atoms with E-state index in [0.29, 0.717) is 11.3 Å². The molecule has 140 valence electrons. The van der Waals surface area contributed by atoms with Gasteiger partial charge >= 0.3 is 6.18 Å². The summed E-state index contributed by atoms with van der Waals surface area (Å²) < 4.78 is 53.6. The Labute approximate surface area is 152 Å². The normalized spacial score (nSPS) is 11.4. The van der Waals surface area contributed by atoms with Crippen LogP contribution in [0.1, 0.15) is 16.1 Å². The van der Waals surface area contributed by atoms with Crippen molar-refractivity contribution in [3.63, 3.8) is 0 Å². The summed E-state index contributed by atoms with van der Waals surface area (Å²) in [5, 5.41) is 2.40. The van der Waals surface area contributed by atoms with Crippen molar-refractivity contribution < 1.29 is 22.4 Å². The molecule has 3 rings (SSSR count). The van der Waals surface area contributed by atoms with Gasteiger partial charge < -0.3 is 5.32 Å². The molecule has 8 heteroatoms. The zero-order chi connectivity index (χ0) is 19.4. The van der Waals surface area contributed by atoms with Crippen molar-refractivity contribution in [1.29, 1.82) is 0 Å². The van der Waals surface area contributed by atoms with E-state index in [4.69, 9.17) is 0 Å². The molecule has 0 unspecified atom stereocenters. The number of carbonyl (C=O) groups excluding carboxylic acids is 1. The first-order chi connectivity index (χ1) is 12.9. The number of amides is 1. The molecule has 0 aliphatic carbocycles. The van der Waals surface area contributed by atoms with Crippen molar-refractivity contribution in [2.24, 2.45) is 0 Å². The number of carbonyl (C=O) groups is 1. The van der Waals surface area contributed by atoms with E-state index in [1.807, 2.05) is 0 Å². The van der Waals surface area contributed by atoms with Crippen LogP contribution >= 0.6 is 0 Å². The minimum atomic E-state index is -4.49. The second-order valence-corrected chi connectivity index (χ2v) is 5.69. The fourth-order valence-corrected chi connectivity index (χ4v) is 2.73. The molecular weight excluding hydrogens is 362 g/mol. The summed E-state index contributed by atoms with van der Waals surface area (Å²) >= 11 is 0. The fourth-order valence-electron chi connectivity index (χ4n) is 2.73. The summed E-state index contributed by atoms with van der Waals surface area (Å²) in [6, 6.07) is 11.6. The van der Waals surface area contributed by atoms with Crippen LogP contribution in [0, 0.1) is 0 Å². The van der Waals surface area contributed by atoms with Crippen molar-refractivity contribution in [1.82, 2.24) is 14.9 Å². The summed E-state index contributed by atoms with van der Waals surface area (Å²) in [6.45, 7) is -0.841. The van der Waals surface area contributed by atoms with Crippen LogP contribution in [0.4, 0.5) is 17.6 Å². The third-order valence-electron chi connectivity index (χ3n) is 3.92. The maximum Gasteiger partial charge on any atom is 0.417 e. The third kappa shape index (κ3) is 3.99. The first-order valence-electron chi connectivity index (χ1n) is 8.05. The second-order valence-electron chi connectivity index (χ2n) is 5.69. The van der Waals surface area contributed by atoms with Gasteiger partial charge in [0.05, 0.1) is 18.1 Å². The lowest BCUT2D eigenvalue weighted by molar-refractivity contribution is -0.137. The van der Waals surface area contributed by atoms with Gasteiger partial charge in [-0.3, -0.25) is 9.36 Å². The van der Waals surface area contributed by atoms with Gasteiger partial charge in [0.2, 0.25) is 0 Å². The van der Waals surface area contributed by atoms with Crippen LogP contribution in [0.5, 0.6) is 0 Å². The average Bonchev–Trinajstić information content (AvgIpc) is 3.15. The summed E-state index contributed by atoms with van der Waals surface area (Å²) in [5.41, 5.74) is 0.269. The Morgan fingerprint density at radius 1 is 1.11 bits per heavy atom. The number of hydrogen-bond donors (Lipinski definition) is 1. The van der Waals surface area contributed by atoms with Crippen LogP contribution in [-0.2, 0) is 6.18 Å². The molecule has 0 aliphatic heterocycles. The van der Waals surface area contributed by atoms with E-state index < -0.39 is 24.3 Å². The lowest BCUT2D eigenvalue weighted by atomic mass is 9.99. The van der Waals surface area contributed by atoms with Gasteiger partial charge in [0.25, 0.3) is 5.91 Å². The smallest absolute Gasteiger partial charge is 0.348 e. The van der Waals surface area contributed by atoms with Gasteiger partial charge in [0, 0.05) is 12.2 Å². The predicted octanol–water partition coefficient (Wildman–Crippen LogP) is 4.26. The lowest BCUT2D eigenvalue weighted by Crippen LogP contribution is -2.27. The number of alkyl halides is 4. The van der Waals surface area contributed by atoms with Gasteiger partial charge in [-0.2, -0.15) is 13.2 Å². The van der Waals surface area contributed by atoms with E-state index in [1.165, 1.54) is 41.4 Å². The number of halogens is 4. The number of benzene rings is 2. The maximum atomic E-state index is 13.3. The lowest BCUT2D eigenvalue weighted by Gasteiger charge is -2.14. The third-order valence-corrected chi connectivity index (χ3v) is 3.92. The van der Waals surface area contributed by atoms with Crippen LogP contribution in [0.2, 0.25) is 0 Å². The van der Waals surface area contributed by atoms with Crippen LogP contribution in [0.25, 0.3) is 16.8 Å². The van der Waals surface area contributed by atoms with Gasteiger partial charge in [-0.25, -0.2) is 9.37 Å². The number of hydrogen-bond acceptors (Lipinski definition) is 2. The molecule has 1 aromatic heterocycles. The second kappa shape index (κ2) is 7.61. The van der Waals surface area contributed by atoms with E-state index in [0.717, 1.165) is 6.07 Å². The molecular formula is C19H15F4N3O. The summed E-state index contributed by atoms with van der Waals surface area (Å²) in [6.07, 6.45) is -1.80. The topological polar surface area (TPSA) is 46.9 Å². The summed E-state index contributed by atoms with van der Waals surface area (Å²) in [7, 11) is 0. The molecule has 2 aromatic carbocycles. The Morgan fingerprint density at radius 2 is 1.89 bits per heavy atom. The quantitative estimate of drug-likeness (QED) is 0.676. The van der Waals surface area contributed by atoms with Crippen molar-refractivity contribution in [2.45, 2.75) is 6.18 Å². The van der Waals surface area contributed by atoms with E-state index in [2.05, 4.69) is 10.3 Å². The molecule has 0 fully saturated rings. The molecule has 0 bridgehead atoms. The maximum absolute atomic E-state index is 13.3. The molecule has 1 N–H and O–H groups in total. The van der Waals surface area contributed by atoms with Crippen LogP contribution in [-0.4, -0.2) is 28.7 Å². The van der Waals surface area contributed by atoms with Crippen LogP contribution in [0.3, 0.4) is 0 Å². The molecule has 0 aliphatic rings. The van der Waals surface area contributed by atoms with E-state index in [1.54, 1.807) is 18.2 Å². The molecule has 0 radical (unpaired) electrons. The van der Waals surface area contributed by atoms with Gasteiger partial charge in [0.1, 0.15) is 12.4 Å². The van der Waals surface area contributed by atoms with Gasteiger partial charge in [-0.15, -0.1) is 0 Å². The molecule has 1 amide bonds. The monoisotopic (exact) mass is 377 g/mol. The van der Waals surface area contributed by atoms with E-state index in [9.17, 15) is 22.4 Å². The minimum absolute atomic E-state index is 0.0374. The number of aromatic nitrogens is 2. The first-order valence-corrected chi connectivity index (χ1v) is 8.05. The predicted molar refractivity (Wildman–Crippen MR) is 92.3 cm³/mol. The van der Waals surface area contributed by atoms with Gasteiger partial charge in [-0.1, -0.05) is 30.3 Å². The Hall–Kier alpha value is -3.16. The highest BCUT2D eigenvalue weighted by atomic mass is 19.4. The molecule has 3 aromatic rings. The number of rotatable bonds is 5. The molecule has 27 heavy (non-hydrogen) atoms. The van der Waals surface area contributed by atoms with Crippen molar-refractivity contribution in [3.8, 4) is 16.8 Å². The van der Waals surface area contributed by atoms with Crippen molar-refractivity contribution >= 4 is 5.91 Å². The molecule has 4 nitrogen and oxygen atoms in total. The zero-order valence-electron chi connectivity index (χ0n) is 14.0. The number of nitrogens with zero attached hydrogens (tertiary/aromatic N) is 2. The minimum Gasteiger partial charge on any atom is -0.348 e. The first kappa shape index (κ1) is 18.6. The summed E-state index contributed by atoms with van der Waals surface area (Å²) in [4.78, 5) is 16.0. The highest BCUT2D eigenvalue weighted by Gasteiger charge is 2.33. The Bertz CT molecular complexity index is 950. The SMILES string of the molecule is O=C(NCCF)c1cncn1-c1cccc(-c2ccccc2C(F)(F)F)c1. The zero-order valence-corrected chi connectivity index (χ0v) is 14.0. The van der Waals surface area contributed by atoms with Gasteiger partial charge in [-0.05, 0) is 29.3 Å². The Morgan fingerprint density at radius 3 is 2.63 bits per heavy atom. The van der Waals surface area contributed by atoms with E-state index in [-0.39, 0.29) is 17.8 Å². The molecule has 0 spiro atoms. The molecule has 0 atom stereocenters. The highest BCUT2D eigenvalue weighted by Crippen LogP contribution is 2.37. The van der Waals surface area contributed by atoms with E-state index >= 15 is 0 Å². The largest absolute Gasteiger partial charge is 0.417 e. The summed E-state index contributed by atoms with van der Waals surface area (Å²) in [5.74, 6) is -0.522. The van der Waals surface area contributed by atoms with Gasteiger partial charge in [0.15, 0.2) is 0 Å².